The minimum absolute atomic E-state index is 0.0153. The van der Waals surface area contributed by atoms with Gasteiger partial charge in [-0.15, -0.1) is 0 Å². The summed E-state index contributed by atoms with van der Waals surface area (Å²) in [6.45, 7) is 1.61. The molecular formula is C9H12N2O4S. The highest BCUT2D eigenvalue weighted by Crippen LogP contribution is 2.09. The van der Waals surface area contributed by atoms with Crippen molar-refractivity contribution in [3.8, 4) is 0 Å². The molecule has 0 aliphatic heterocycles. The summed E-state index contributed by atoms with van der Waals surface area (Å²) in [7, 11) is -3.25. The average Bonchev–Trinajstić information content (AvgIpc) is 2.27. The van der Waals surface area contributed by atoms with Gasteiger partial charge < -0.3 is 10.4 Å². The molecule has 0 aromatic carbocycles. The molecule has 7 heteroatoms. The van der Waals surface area contributed by atoms with Crippen molar-refractivity contribution < 1.29 is 18.3 Å². The lowest BCUT2D eigenvalue weighted by molar-refractivity contribution is 0.194. The summed E-state index contributed by atoms with van der Waals surface area (Å²) < 4.78 is 22.9. The molecule has 0 fully saturated rings. The maximum Gasteiger partial charge on any atom is 0.404 e. The number of aromatic nitrogens is 1. The van der Waals surface area contributed by atoms with Gasteiger partial charge in [0.15, 0.2) is 9.84 Å². The number of amides is 1. The lowest BCUT2D eigenvalue weighted by atomic mass is 10.3. The number of hydrogen-bond acceptors (Lipinski definition) is 4. The van der Waals surface area contributed by atoms with Crippen molar-refractivity contribution in [2.24, 2.45) is 0 Å². The smallest absolute Gasteiger partial charge is 0.404 e. The Bertz CT molecular complexity index is 467. The summed E-state index contributed by atoms with van der Waals surface area (Å²) >= 11 is 0. The Morgan fingerprint density at radius 1 is 1.50 bits per heavy atom. The second-order valence-corrected chi connectivity index (χ2v) is 5.33. The van der Waals surface area contributed by atoms with Crippen molar-refractivity contribution in [3.63, 3.8) is 0 Å². The van der Waals surface area contributed by atoms with E-state index in [2.05, 4.69) is 10.3 Å². The van der Waals surface area contributed by atoms with Crippen molar-refractivity contribution in [2.45, 2.75) is 18.4 Å². The minimum Gasteiger partial charge on any atom is -0.465 e. The molecule has 2 N–H and O–H groups in total. The van der Waals surface area contributed by atoms with Crippen LogP contribution in [0.25, 0.3) is 0 Å². The third-order valence-corrected chi connectivity index (χ3v) is 3.68. The molecule has 1 heterocycles. The van der Waals surface area contributed by atoms with Crippen LogP contribution in [0, 0.1) is 0 Å². The van der Waals surface area contributed by atoms with E-state index in [0.29, 0.717) is 5.69 Å². The second kappa shape index (κ2) is 4.93. The molecule has 1 aromatic rings. The van der Waals surface area contributed by atoms with Crippen LogP contribution in [0.5, 0.6) is 0 Å². The molecule has 1 rings (SSSR count). The normalized spacial score (nSPS) is 11.1. The first-order valence-corrected chi connectivity index (χ1v) is 6.25. The fourth-order valence-corrected chi connectivity index (χ4v) is 1.85. The van der Waals surface area contributed by atoms with Crippen molar-refractivity contribution >= 4 is 15.9 Å². The average molecular weight is 244 g/mol. The van der Waals surface area contributed by atoms with Gasteiger partial charge >= 0.3 is 6.09 Å². The van der Waals surface area contributed by atoms with Gasteiger partial charge in [-0.2, -0.15) is 0 Å². The van der Waals surface area contributed by atoms with Crippen molar-refractivity contribution in [1.82, 2.24) is 10.3 Å². The van der Waals surface area contributed by atoms with Gasteiger partial charge in [-0.3, -0.25) is 4.98 Å². The summed E-state index contributed by atoms with van der Waals surface area (Å²) in [4.78, 5) is 14.2. The van der Waals surface area contributed by atoms with Gasteiger partial charge in [0.25, 0.3) is 0 Å². The number of carbonyl (C=O) groups is 1. The molecule has 0 saturated heterocycles. The van der Waals surface area contributed by atoms with Crippen LogP contribution < -0.4 is 5.32 Å². The topological polar surface area (TPSA) is 96.4 Å². The van der Waals surface area contributed by atoms with Gasteiger partial charge in [0.05, 0.1) is 22.9 Å². The zero-order valence-corrected chi connectivity index (χ0v) is 9.49. The van der Waals surface area contributed by atoms with Crippen LogP contribution in [0.15, 0.2) is 23.2 Å². The van der Waals surface area contributed by atoms with Crippen molar-refractivity contribution in [3.05, 3.63) is 24.0 Å². The molecule has 0 radical (unpaired) electrons. The molecular weight excluding hydrogens is 232 g/mol. The first kappa shape index (κ1) is 12.4. The predicted octanol–water partition coefficient (Wildman–Crippen LogP) is 0.643. The Morgan fingerprint density at radius 2 is 2.19 bits per heavy atom. The van der Waals surface area contributed by atoms with E-state index in [1.54, 1.807) is 6.92 Å². The molecule has 6 nitrogen and oxygen atoms in total. The maximum absolute atomic E-state index is 11.4. The standard InChI is InChI=1S/C9H12N2O4S/c1-2-16(14,15)8-4-3-7(10-6-8)5-11-9(12)13/h3-4,6,11H,2,5H2,1H3,(H,12,13). The number of pyridine rings is 1. The van der Waals surface area contributed by atoms with E-state index >= 15 is 0 Å². The molecule has 1 amide bonds. The van der Waals surface area contributed by atoms with Gasteiger partial charge in [-0.25, -0.2) is 13.2 Å². The van der Waals surface area contributed by atoms with Gasteiger partial charge in [0.1, 0.15) is 0 Å². The number of nitrogens with one attached hydrogen (secondary N) is 1. The quantitative estimate of drug-likeness (QED) is 0.810. The van der Waals surface area contributed by atoms with E-state index in [9.17, 15) is 13.2 Å². The SMILES string of the molecule is CCS(=O)(=O)c1ccc(CNC(=O)O)nc1. The Hall–Kier alpha value is -1.63. The van der Waals surface area contributed by atoms with E-state index < -0.39 is 15.9 Å². The van der Waals surface area contributed by atoms with Crippen LogP contribution in [0.1, 0.15) is 12.6 Å². The number of rotatable bonds is 4. The Kier molecular flexibility index (Phi) is 3.83. The molecule has 0 aliphatic carbocycles. The van der Waals surface area contributed by atoms with E-state index in [4.69, 9.17) is 5.11 Å². The van der Waals surface area contributed by atoms with Crippen molar-refractivity contribution in [2.75, 3.05) is 5.75 Å². The molecule has 0 bridgehead atoms. The van der Waals surface area contributed by atoms with Crippen LogP contribution in [0.3, 0.4) is 0 Å². The van der Waals surface area contributed by atoms with E-state index in [1.165, 1.54) is 18.3 Å². The minimum atomic E-state index is -3.25. The summed E-state index contributed by atoms with van der Waals surface area (Å²) in [5.74, 6) is 0.0153. The van der Waals surface area contributed by atoms with Crippen LogP contribution in [0.4, 0.5) is 4.79 Å². The Morgan fingerprint density at radius 3 is 2.62 bits per heavy atom. The molecule has 0 saturated carbocycles. The van der Waals surface area contributed by atoms with E-state index in [1.807, 2.05) is 0 Å². The molecule has 0 aliphatic rings. The third kappa shape index (κ3) is 3.20. The molecule has 1 aromatic heterocycles. The summed E-state index contributed by atoms with van der Waals surface area (Å²) in [5.41, 5.74) is 0.470. The van der Waals surface area contributed by atoms with Gasteiger partial charge in [0, 0.05) is 6.20 Å². The highest BCUT2D eigenvalue weighted by Gasteiger charge is 2.11. The van der Waals surface area contributed by atoms with Gasteiger partial charge in [-0.1, -0.05) is 6.92 Å². The van der Waals surface area contributed by atoms with Crippen LogP contribution in [-0.4, -0.2) is 30.4 Å². The number of sulfone groups is 1. The molecule has 0 spiro atoms. The van der Waals surface area contributed by atoms with Crippen LogP contribution in [-0.2, 0) is 16.4 Å². The summed E-state index contributed by atoms with van der Waals surface area (Å²) in [6.07, 6.45) is 0.0876. The van der Waals surface area contributed by atoms with E-state index in [0.717, 1.165) is 0 Å². The Balaban J connectivity index is 2.80. The van der Waals surface area contributed by atoms with E-state index in [-0.39, 0.29) is 17.2 Å². The zero-order valence-electron chi connectivity index (χ0n) is 8.67. The van der Waals surface area contributed by atoms with Crippen LogP contribution >= 0.6 is 0 Å². The van der Waals surface area contributed by atoms with Gasteiger partial charge in [0.2, 0.25) is 0 Å². The lowest BCUT2D eigenvalue weighted by Crippen LogP contribution is -2.20. The molecule has 0 atom stereocenters. The third-order valence-electron chi connectivity index (χ3n) is 1.96. The predicted molar refractivity (Wildman–Crippen MR) is 56.8 cm³/mol. The van der Waals surface area contributed by atoms with Gasteiger partial charge in [-0.05, 0) is 12.1 Å². The highest BCUT2D eigenvalue weighted by atomic mass is 32.2. The number of hydrogen-bond donors (Lipinski definition) is 2. The highest BCUT2D eigenvalue weighted by molar-refractivity contribution is 7.91. The first-order chi connectivity index (χ1) is 7.45. The lowest BCUT2D eigenvalue weighted by Gasteiger charge is -2.03. The number of nitrogens with zero attached hydrogens (tertiary/aromatic N) is 1. The first-order valence-electron chi connectivity index (χ1n) is 4.60. The molecule has 16 heavy (non-hydrogen) atoms. The van der Waals surface area contributed by atoms with Crippen molar-refractivity contribution in [1.29, 1.82) is 0 Å². The summed E-state index contributed by atoms with van der Waals surface area (Å²) in [6, 6.07) is 2.91. The Labute approximate surface area is 93.2 Å². The second-order valence-electron chi connectivity index (χ2n) is 3.05. The fraction of sp³-hybridized carbons (Fsp3) is 0.333. The van der Waals surface area contributed by atoms with Crippen LogP contribution in [0.2, 0.25) is 0 Å². The molecule has 0 unspecified atom stereocenters. The zero-order chi connectivity index (χ0) is 12.2. The monoisotopic (exact) mass is 244 g/mol. The maximum atomic E-state index is 11.4. The summed E-state index contributed by atoms with van der Waals surface area (Å²) in [5, 5.41) is 10.5. The molecule has 88 valence electrons. The number of carboxylic acid groups (broad SMARTS) is 1. The largest absolute Gasteiger partial charge is 0.465 e. The fourth-order valence-electron chi connectivity index (χ4n) is 1.03.